The summed E-state index contributed by atoms with van der Waals surface area (Å²) in [4.78, 5) is 33.3. The standard InChI is InChI=1S/C20H21N2O4.C6H14O.Fm/c1-2-11-21-19(24)17-9-7-16(8-10-17)15-5-3-14(4-6-15)12-18(20(25)26)22-13-23;1-3-5-7-6-4-2;/h3-10,18H,2,11-12H2,1H3,(H,21,24)(H,22,23)(H,25,26);3-6H2,1-2H3;/q-1;;/t18-;;/m0../s1. The summed E-state index contributed by atoms with van der Waals surface area (Å²) in [6, 6.07) is 13.7. The van der Waals surface area contributed by atoms with Crippen LogP contribution >= 0.6 is 0 Å². The maximum absolute atomic E-state index is 11.9. The molecule has 2 amide bonds. The first-order valence-electron chi connectivity index (χ1n) is 11.4. The number of carboxylic acid groups (broad SMARTS) is 1. The Balaban J connectivity index is 0.00000119. The second-order valence-electron chi connectivity index (χ2n) is 7.48. The minimum absolute atomic E-state index is 0. The topological polar surface area (TPSA) is 105 Å². The van der Waals surface area contributed by atoms with E-state index in [-0.39, 0.29) is 12.3 Å². The summed E-state index contributed by atoms with van der Waals surface area (Å²) in [5.74, 6) is -1.19. The number of carboxylic acids is 1. The van der Waals surface area contributed by atoms with Gasteiger partial charge in [0.1, 0.15) is 6.04 Å². The van der Waals surface area contributed by atoms with E-state index in [0.717, 1.165) is 49.2 Å². The molecule has 2 aromatic carbocycles. The van der Waals surface area contributed by atoms with Crippen molar-refractivity contribution in [3.05, 3.63) is 59.7 Å². The molecule has 0 aliphatic heterocycles. The SMILES string of the molecule is CCCNC(=O)c1ccc(-c2ccc(C[C@H](N[C-]=O)C(=O)O)cc2)cc1.CCCOCCC.[Fm]. The Morgan fingerprint density at radius 2 is 1.44 bits per heavy atom. The Bertz CT molecular complexity index is 837. The van der Waals surface area contributed by atoms with Gasteiger partial charge in [0.05, 0.1) is 0 Å². The predicted molar refractivity (Wildman–Crippen MR) is 130 cm³/mol. The first kappa shape index (κ1) is 29.8. The largest absolute Gasteiger partial charge is 0.520 e. The molecule has 7 nitrogen and oxygen atoms in total. The van der Waals surface area contributed by atoms with Crippen LogP contribution in [0.5, 0.6) is 0 Å². The van der Waals surface area contributed by atoms with Crippen molar-refractivity contribution in [3.63, 3.8) is 0 Å². The fourth-order valence-corrected chi connectivity index (χ4v) is 2.89. The zero-order chi connectivity index (χ0) is 24.5. The van der Waals surface area contributed by atoms with Crippen LogP contribution in [0.1, 0.15) is 56.0 Å². The van der Waals surface area contributed by atoms with Gasteiger partial charge in [0.15, 0.2) is 0 Å². The Kier molecular flexibility index (Phi) is 15.2. The number of hydrogen-bond donors (Lipinski definition) is 3. The molecule has 0 unspecified atom stereocenters. The van der Waals surface area contributed by atoms with Gasteiger partial charge in [0, 0.05) is 31.7 Å². The van der Waals surface area contributed by atoms with Gasteiger partial charge in [0.2, 0.25) is 0 Å². The predicted octanol–water partition coefficient (Wildman–Crippen LogP) is 3.97. The molecule has 0 radical (unpaired) electrons. The van der Waals surface area contributed by atoms with Gasteiger partial charge in [-0.15, -0.1) is 0 Å². The zero-order valence-electron chi connectivity index (χ0n) is 20.0. The Labute approximate surface area is 196 Å². The first-order chi connectivity index (χ1) is 16.0. The van der Waals surface area contributed by atoms with E-state index in [1.54, 1.807) is 12.1 Å². The normalized spacial score (nSPS) is 10.7. The summed E-state index contributed by atoms with van der Waals surface area (Å²) in [7, 11) is 0. The molecule has 0 aromatic heterocycles. The fourth-order valence-electron chi connectivity index (χ4n) is 2.89. The maximum Gasteiger partial charge on any atom is 0.323 e. The molecule has 0 saturated heterocycles. The average Bonchev–Trinajstić information content (AvgIpc) is 2.83. The summed E-state index contributed by atoms with van der Waals surface area (Å²) >= 11 is 0. The molecular weight excluding hydrogens is 677 g/mol. The Morgan fingerprint density at radius 1 is 0.912 bits per heavy atom. The van der Waals surface area contributed by atoms with Crippen LogP contribution in [0.3, 0.4) is 0 Å². The molecule has 8 heteroatoms. The molecule has 3 N–H and O–H groups in total. The van der Waals surface area contributed by atoms with E-state index in [9.17, 15) is 14.4 Å². The van der Waals surface area contributed by atoms with E-state index in [0.29, 0.717) is 12.1 Å². The van der Waals surface area contributed by atoms with E-state index < -0.39 is 12.0 Å². The molecule has 2 aromatic rings. The van der Waals surface area contributed by atoms with Gasteiger partial charge in [-0.2, -0.15) is 6.41 Å². The average molecular weight is 713 g/mol. The molecule has 0 heterocycles. The van der Waals surface area contributed by atoms with E-state index >= 15 is 0 Å². The minimum Gasteiger partial charge on any atom is -0.520 e. The van der Waals surface area contributed by atoms with Crippen LogP contribution in [0.15, 0.2) is 48.5 Å². The maximum atomic E-state index is 11.9. The third kappa shape index (κ3) is 10.9. The van der Waals surface area contributed by atoms with Crippen LogP contribution < -0.4 is 10.6 Å². The fraction of sp³-hybridized carbons (Fsp3) is 0.423. The van der Waals surface area contributed by atoms with Crippen molar-refractivity contribution in [1.29, 1.82) is 0 Å². The number of amides is 2. The van der Waals surface area contributed by atoms with Crippen molar-refractivity contribution in [1.82, 2.24) is 10.6 Å². The van der Waals surface area contributed by atoms with Gasteiger partial charge >= 0.3 is 5.97 Å². The van der Waals surface area contributed by atoms with Crippen LogP contribution in [0.2, 0.25) is 0 Å². The molecule has 0 spiro atoms. The van der Waals surface area contributed by atoms with Crippen LogP contribution in [-0.4, -0.2) is 49.2 Å². The zero-order valence-corrected chi connectivity index (χ0v) is 22.4. The number of rotatable bonds is 13. The van der Waals surface area contributed by atoms with E-state index in [1.165, 1.54) is 6.41 Å². The Morgan fingerprint density at radius 3 is 1.88 bits per heavy atom. The number of carbonyl (C=O) groups excluding carboxylic acids is 2. The molecule has 0 bridgehead atoms. The molecule has 34 heavy (non-hydrogen) atoms. The van der Waals surface area contributed by atoms with Crippen molar-refractivity contribution in [2.24, 2.45) is 0 Å². The summed E-state index contributed by atoms with van der Waals surface area (Å²) in [5.41, 5.74) is 3.31. The third-order valence-electron chi connectivity index (χ3n) is 4.64. The van der Waals surface area contributed by atoms with E-state index in [4.69, 9.17) is 9.84 Å². The van der Waals surface area contributed by atoms with Gasteiger partial charge < -0.3 is 25.3 Å². The van der Waals surface area contributed by atoms with Gasteiger partial charge in [-0.1, -0.05) is 57.2 Å². The van der Waals surface area contributed by atoms with Crippen molar-refractivity contribution in [2.75, 3.05) is 19.8 Å². The summed E-state index contributed by atoms with van der Waals surface area (Å²) in [5, 5.41) is 14.0. The Hall–Kier alpha value is -4.19. The summed E-state index contributed by atoms with van der Waals surface area (Å²) < 4.78 is 5.13. The molecular formula is C26H35FmN2O5-. The molecule has 2 rings (SSSR count). The van der Waals surface area contributed by atoms with Crippen molar-refractivity contribution >= 4 is 18.3 Å². The third-order valence-corrected chi connectivity index (χ3v) is 4.64. The molecule has 192 valence electrons. The van der Waals surface area contributed by atoms with Gasteiger partial charge in [-0.3, -0.25) is 9.59 Å². The van der Waals surface area contributed by atoms with Crippen molar-refractivity contribution < 1.29 is 24.2 Å². The second kappa shape index (κ2) is 17.4. The van der Waals surface area contributed by atoms with Crippen molar-refractivity contribution in [2.45, 2.75) is 52.5 Å². The van der Waals surface area contributed by atoms with Crippen molar-refractivity contribution in [3.8, 4) is 11.1 Å². The molecule has 0 aliphatic carbocycles. The van der Waals surface area contributed by atoms with Crippen LogP contribution in [-0.2, 0) is 20.7 Å². The molecule has 0 aliphatic rings. The van der Waals surface area contributed by atoms with E-state index in [2.05, 4.69) is 24.5 Å². The number of benzene rings is 2. The molecule has 1 atom stereocenters. The smallest absolute Gasteiger partial charge is 0.323 e. The minimum atomic E-state index is -1.10. The van der Waals surface area contributed by atoms with Gasteiger partial charge in [0.25, 0.3) is 5.91 Å². The van der Waals surface area contributed by atoms with Crippen LogP contribution in [0, 0.1) is 0 Å². The number of ether oxygens (including phenoxy) is 1. The molecule has 0 saturated carbocycles. The van der Waals surface area contributed by atoms with Gasteiger partial charge in [-0.25, -0.2) is 0 Å². The van der Waals surface area contributed by atoms with Gasteiger partial charge in [-0.05, 0) is 48.1 Å². The van der Waals surface area contributed by atoms with Crippen LogP contribution in [0.4, 0.5) is 0 Å². The number of aliphatic carboxylic acids is 1. The number of carbonyl (C=O) groups is 2. The monoisotopic (exact) mass is 712 g/mol. The first-order valence-corrected chi connectivity index (χ1v) is 11.4. The quantitative estimate of drug-likeness (QED) is 0.166. The second-order valence-corrected chi connectivity index (χ2v) is 7.48. The van der Waals surface area contributed by atoms with Crippen LogP contribution in [0.25, 0.3) is 11.1 Å². The summed E-state index contributed by atoms with van der Waals surface area (Å²) in [6.07, 6.45) is 4.77. The number of hydrogen-bond acceptors (Lipinski definition) is 4. The molecule has 0 fully saturated rings. The van der Waals surface area contributed by atoms with E-state index in [1.807, 2.05) is 43.3 Å². The summed E-state index contributed by atoms with van der Waals surface area (Å²) in [6.45, 7) is 8.74. The number of nitrogens with one attached hydrogen (secondary N) is 2.